The highest BCUT2D eigenvalue weighted by Gasteiger charge is 2.33. The summed E-state index contributed by atoms with van der Waals surface area (Å²) < 4.78 is 183. The lowest BCUT2D eigenvalue weighted by atomic mass is 10.1. The number of aliphatic carboxylic acids is 1. The second-order valence-corrected chi connectivity index (χ2v) is 28.5. The number of alkyl halides is 6. The lowest BCUT2D eigenvalue weighted by molar-refractivity contribution is -0.385. The second-order valence-electron chi connectivity index (χ2n) is 19.1. The molecule has 47 heteroatoms. The van der Waals surface area contributed by atoms with E-state index in [2.05, 4.69) is 59.3 Å². The van der Waals surface area contributed by atoms with Gasteiger partial charge in [-0.2, -0.15) is 59.7 Å². The van der Waals surface area contributed by atoms with Crippen LogP contribution in [-0.2, 0) is 62.9 Å². The molecule has 3 aromatic carbocycles. The Bertz CT molecular complexity index is 4200. The van der Waals surface area contributed by atoms with Crippen molar-refractivity contribution in [1.29, 1.82) is 0 Å². The maximum Gasteiger partial charge on any atom is 0.416 e. The Labute approximate surface area is 561 Å². The van der Waals surface area contributed by atoms with E-state index in [1.807, 2.05) is 5.32 Å². The van der Waals surface area contributed by atoms with Gasteiger partial charge in [0.05, 0.1) is 91.2 Å². The van der Waals surface area contributed by atoms with E-state index in [4.69, 9.17) is 40.5 Å². The van der Waals surface area contributed by atoms with E-state index in [0.29, 0.717) is 29.3 Å². The molecule has 0 aliphatic heterocycles. The molecule has 0 saturated carbocycles. The number of carbonyl (C=O) groups excluding carboxylic acids is 4. The smallest absolute Gasteiger partial charge is 0.416 e. The highest BCUT2D eigenvalue weighted by Crippen LogP contribution is 2.37. The van der Waals surface area contributed by atoms with Gasteiger partial charge in [-0.25, -0.2) is 45.6 Å². The largest absolute Gasteiger partial charge is 0.778 e. The number of carbonyl (C=O) groups is 5. The Morgan fingerprint density at radius 1 is 0.755 bits per heavy atom. The second kappa shape index (κ2) is 37.4. The predicted molar refractivity (Wildman–Crippen MR) is 335 cm³/mol. The number of halogens is 7. The Morgan fingerprint density at radius 2 is 1.32 bits per heavy atom. The van der Waals surface area contributed by atoms with Crippen molar-refractivity contribution in [1.82, 2.24) is 54.3 Å². The first-order chi connectivity index (χ1) is 45.1. The minimum atomic E-state index is -4.62. The summed E-state index contributed by atoms with van der Waals surface area (Å²) in [5.74, 6) is -3.56. The summed E-state index contributed by atoms with van der Waals surface area (Å²) in [6.45, 7) is 1.02. The van der Waals surface area contributed by atoms with Gasteiger partial charge in [0.25, 0.3) is 37.5 Å². The number of aromatic nitrogens is 6. The first-order valence-corrected chi connectivity index (χ1v) is 35.6. The van der Waals surface area contributed by atoms with Crippen molar-refractivity contribution >= 4 is 108 Å². The van der Waals surface area contributed by atoms with E-state index in [1.54, 1.807) is 14.2 Å². The average molecular weight is 1510 g/mol. The van der Waals surface area contributed by atoms with Crippen LogP contribution in [0.4, 0.5) is 53.5 Å². The van der Waals surface area contributed by atoms with Crippen molar-refractivity contribution in [3.05, 3.63) is 128 Å². The molecule has 1 atom stereocenters. The zero-order chi connectivity index (χ0) is 74.9. The van der Waals surface area contributed by atoms with Gasteiger partial charge in [0.2, 0.25) is 33.7 Å². The molecule has 0 bridgehead atoms. The van der Waals surface area contributed by atoms with Crippen LogP contribution in [0.25, 0.3) is 0 Å². The van der Waals surface area contributed by atoms with Crippen molar-refractivity contribution in [2.24, 2.45) is 0 Å². The topological polar surface area (TPSA) is 501 Å². The lowest BCUT2D eigenvalue weighted by Crippen LogP contribution is -2.36. The fourth-order valence-corrected chi connectivity index (χ4v) is 9.74. The number of hydrogen-bond acceptors (Lipinski definition) is 26. The third kappa shape index (κ3) is 31.2. The number of sulfonamides is 3. The number of carboxylic acid groups (broad SMARTS) is 1. The number of nitro groups is 1. The van der Waals surface area contributed by atoms with Crippen LogP contribution in [0, 0.1) is 17.0 Å². The molecule has 35 nitrogen and oxygen atoms in total. The molecule has 6 amide bonds. The Balaban J connectivity index is 0.000000454. The number of rotatable bonds is 21. The molecule has 0 radical (unpaired) electrons. The van der Waals surface area contributed by atoms with Crippen LogP contribution in [0.15, 0.2) is 95.0 Å². The van der Waals surface area contributed by atoms with Crippen molar-refractivity contribution in [2.45, 2.75) is 42.0 Å². The number of carboxylic acids is 1. The van der Waals surface area contributed by atoms with Gasteiger partial charge in [-0.3, -0.25) is 40.4 Å². The number of methoxy groups -OCH3 is 3. The van der Waals surface area contributed by atoms with E-state index in [1.165, 1.54) is 89.8 Å². The zero-order valence-electron chi connectivity index (χ0n) is 52.4. The van der Waals surface area contributed by atoms with Crippen molar-refractivity contribution in [3.8, 4) is 29.3 Å². The number of nitrogens with zero attached hydrogens (tertiary/aromatic N) is 8. The van der Waals surface area contributed by atoms with E-state index in [9.17, 15) is 95.1 Å². The molecule has 538 valence electrons. The normalized spacial score (nSPS) is 11.8. The molecule has 6 rings (SSSR count). The molecule has 0 spiro atoms. The third-order valence-corrected chi connectivity index (χ3v) is 14.5. The number of urea groups is 2. The van der Waals surface area contributed by atoms with Crippen LogP contribution in [0.1, 0.15) is 44.1 Å². The molecule has 1 unspecified atom stereocenters. The summed E-state index contributed by atoms with van der Waals surface area (Å²) in [5.41, 5.74) is -2.60. The van der Waals surface area contributed by atoms with Crippen molar-refractivity contribution in [3.63, 3.8) is 0 Å². The minimum Gasteiger partial charge on any atom is -0.778 e. The van der Waals surface area contributed by atoms with Gasteiger partial charge in [-0.05, 0) is 72.3 Å². The SMILES string of the molecule is COc1cc(OC)nc(NC(=O)NS(=O)(=O)c2ncccc2C(=O)N(C)C)n1.COc1nc(C)nc(NC(=O)NS(=O)(=O)c2ccccc2CCC(F)(F)F)n1.CS(=O)(=O)NC(=O)c1cc(Oc2ccc(C(F)(F)F)cc2Cl)ccc1[N+](=O)[O-].C[S+](C)C.O=C(O)CNCP(=O)([O-])O. The molecule has 6 aromatic rings. The quantitative estimate of drug-likeness (QED) is 0.0159. The van der Waals surface area contributed by atoms with Crippen LogP contribution in [0.3, 0.4) is 0 Å². The fraction of sp³-hybridized carbons (Fsp3) is 0.314. The van der Waals surface area contributed by atoms with E-state index >= 15 is 0 Å². The number of benzene rings is 3. The van der Waals surface area contributed by atoms with Crippen molar-refractivity contribution in [2.75, 3.05) is 83.9 Å². The summed E-state index contributed by atoms with van der Waals surface area (Å²) in [4.78, 5) is 110. The van der Waals surface area contributed by atoms with Crippen LogP contribution >= 0.6 is 19.2 Å². The monoisotopic (exact) mass is 1510 g/mol. The first-order valence-electron chi connectivity index (χ1n) is 26.1. The number of pyridine rings is 1. The third-order valence-electron chi connectivity index (χ3n) is 10.3. The number of hydrogen-bond donors (Lipinski definition) is 8. The van der Waals surface area contributed by atoms with Gasteiger partial charge >= 0.3 is 36.4 Å². The Kier molecular flexibility index (Phi) is 32.3. The van der Waals surface area contributed by atoms with E-state index < -0.39 is 142 Å². The van der Waals surface area contributed by atoms with Crippen LogP contribution in [0.2, 0.25) is 5.02 Å². The van der Waals surface area contributed by atoms with E-state index in [0.717, 1.165) is 30.3 Å². The average Bonchev–Trinajstić information content (AvgIpc) is 0.817. The summed E-state index contributed by atoms with van der Waals surface area (Å²) >= 11 is 5.76. The number of amides is 6. The fourth-order valence-electron chi connectivity index (χ4n) is 6.47. The van der Waals surface area contributed by atoms with Gasteiger partial charge in [0.15, 0.2) is 5.03 Å². The molecule has 98 heavy (non-hydrogen) atoms. The molecular weight excluding hydrogens is 1450 g/mol. The van der Waals surface area contributed by atoms with Crippen LogP contribution in [-0.4, -0.2) is 184 Å². The molecule has 3 heterocycles. The van der Waals surface area contributed by atoms with Gasteiger partial charge in [0, 0.05) is 38.8 Å². The summed E-state index contributed by atoms with van der Waals surface area (Å²) in [6, 6.07) is 11.8. The van der Waals surface area contributed by atoms with Crippen LogP contribution < -0.4 is 54.0 Å². The van der Waals surface area contributed by atoms with Crippen molar-refractivity contribution < 1.29 is 119 Å². The minimum absolute atomic E-state index is 0.0715. The molecular formula is C51H60ClF6N14O21PS4. The Morgan fingerprint density at radius 3 is 1.81 bits per heavy atom. The first kappa shape index (κ1) is 84.7. The lowest BCUT2D eigenvalue weighted by Gasteiger charge is -2.14. The maximum absolute atomic E-state index is 12.7. The molecule has 8 N–H and O–H groups in total. The number of nitro benzene ring substituents is 1. The number of anilines is 2. The number of ether oxygens (including phenoxy) is 4. The summed E-state index contributed by atoms with van der Waals surface area (Å²) in [7, 11) is -9.70. The molecule has 0 saturated heterocycles. The highest BCUT2D eigenvalue weighted by atomic mass is 35.5. The van der Waals surface area contributed by atoms with Gasteiger partial charge in [0.1, 0.15) is 30.5 Å². The van der Waals surface area contributed by atoms with E-state index in [-0.39, 0.29) is 58.1 Å². The van der Waals surface area contributed by atoms with Gasteiger partial charge < -0.3 is 43.3 Å². The standard InChI is InChI=1S/C15H10ClF3N2O6S.C15H16F3N5O4S.C15H18N6O6S.C3H8NO5P.C3H9S/c1-28(25,26)20-14(22)10-7-9(3-4-12(10)21(23)24)27-13-5-2-8(6-11(13)16)15(17,18)19;1-9-19-12(22-14(20-9)27-2)21-13(24)23-28(25,26)11-6-4-3-5-10(11)7-8-15(16,17)18;1-21(2)13(22)9-6-5-7-16-12(9)28(24,25)20-15(23)19-14-17-10(26-3)8-11(18-14)27-4;5-3(6)1-4-2-10(7,8)9;1-4(2)3/h2-7H,1H3,(H,20,22);3-6H,7-8H2,1-2H3,(H2,19,20,21,22,23,24);5-8H,1-4H3,(H2,17,18,19,20,23);4H,1-2H2,(H,5,6)(H2,7,8,9);1-3H3/q;;;;+1/p-1. The van der Waals surface area contributed by atoms with Gasteiger partial charge in [-0.1, -0.05) is 29.8 Å². The summed E-state index contributed by atoms with van der Waals surface area (Å²) in [6.07, 6.45) is -3.07. The number of nitrogens with one attached hydrogen (secondary N) is 6. The van der Waals surface area contributed by atoms with Crippen LogP contribution in [0.5, 0.6) is 29.3 Å². The molecule has 0 aliphatic carbocycles. The summed E-state index contributed by atoms with van der Waals surface area (Å²) in [5, 5.41) is 24.3. The highest BCUT2D eigenvalue weighted by molar-refractivity contribution is 7.94. The molecule has 0 aliphatic rings. The number of aryl methyl sites for hydroxylation is 2. The van der Waals surface area contributed by atoms with Gasteiger partial charge in [-0.15, -0.1) is 0 Å². The predicted octanol–water partition coefficient (Wildman–Crippen LogP) is 4.70. The molecule has 3 aromatic heterocycles. The molecule has 0 fully saturated rings. The maximum atomic E-state index is 12.7. The zero-order valence-corrected chi connectivity index (χ0v) is 57.3. The Hall–Kier alpha value is -9.37.